The van der Waals surface area contributed by atoms with Crippen molar-refractivity contribution in [2.45, 2.75) is 38.3 Å². The average Bonchev–Trinajstić information content (AvgIpc) is 3.46. The van der Waals surface area contributed by atoms with Crippen molar-refractivity contribution in [3.63, 3.8) is 0 Å². The van der Waals surface area contributed by atoms with Gasteiger partial charge in [-0.15, -0.1) is 0 Å². The van der Waals surface area contributed by atoms with Gasteiger partial charge in [-0.25, -0.2) is 4.39 Å². The number of halogens is 1. The highest BCUT2D eigenvalue weighted by Gasteiger charge is 2.43. The zero-order chi connectivity index (χ0) is 18.6. The highest BCUT2D eigenvalue weighted by Crippen LogP contribution is 2.39. The second kappa shape index (κ2) is 8.15. The summed E-state index contributed by atoms with van der Waals surface area (Å²) in [5.41, 5.74) is 0.379. The molecule has 1 amide bonds. The van der Waals surface area contributed by atoms with E-state index in [1.807, 2.05) is 19.1 Å². The second-order valence-electron chi connectivity index (χ2n) is 7.67. The van der Waals surface area contributed by atoms with Gasteiger partial charge < -0.3 is 5.32 Å². The van der Waals surface area contributed by atoms with E-state index in [0.29, 0.717) is 12.5 Å². The van der Waals surface area contributed by atoms with Crippen molar-refractivity contribution in [3.8, 4) is 6.07 Å². The van der Waals surface area contributed by atoms with E-state index in [1.165, 1.54) is 12.1 Å². The Balaban J connectivity index is 1.46. The lowest BCUT2D eigenvalue weighted by atomic mass is 9.98. The Bertz CT molecular complexity index is 667. The average molecular weight is 358 g/mol. The third kappa shape index (κ3) is 5.03. The molecule has 1 atom stereocenters. The van der Waals surface area contributed by atoms with Crippen LogP contribution in [0.3, 0.4) is 0 Å². The van der Waals surface area contributed by atoms with Crippen molar-refractivity contribution >= 4 is 5.91 Å². The molecule has 1 aliphatic carbocycles. The molecule has 5 nitrogen and oxygen atoms in total. The monoisotopic (exact) mass is 358 g/mol. The summed E-state index contributed by atoms with van der Waals surface area (Å²) in [6, 6.07) is 8.92. The van der Waals surface area contributed by atoms with Gasteiger partial charge in [0.25, 0.3) is 0 Å². The number of nitrogens with one attached hydrogen (secondary N) is 1. The van der Waals surface area contributed by atoms with Gasteiger partial charge in [-0.2, -0.15) is 5.26 Å². The molecule has 1 unspecified atom stereocenters. The minimum atomic E-state index is -0.725. The van der Waals surface area contributed by atoms with E-state index in [0.717, 1.165) is 57.5 Å². The molecule has 0 radical (unpaired) electrons. The van der Waals surface area contributed by atoms with Crippen LogP contribution in [0.25, 0.3) is 0 Å². The molecule has 26 heavy (non-hydrogen) atoms. The first kappa shape index (κ1) is 18.8. The van der Waals surface area contributed by atoms with Crippen LogP contribution < -0.4 is 5.32 Å². The Kier molecular flexibility index (Phi) is 5.90. The molecule has 0 bridgehead atoms. The summed E-state index contributed by atoms with van der Waals surface area (Å²) < 4.78 is 13.0. The number of nitriles is 1. The van der Waals surface area contributed by atoms with Crippen molar-refractivity contribution in [2.24, 2.45) is 5.92 Å². The van der Waals surface area contributed by atoms with Crippen molar-refractivity contribution in [1.82, 2.24) is 15.1 Å². The van der Waals surface area contributed by atoms with Crippen molar-refractivity contribution in [1.29, 1.82) is 5.26 Å². The zero-order valence-electron chi connectivity index (χ0n) is 15.4. The first-order valence-corrected chi connectivity index (χ1v) is 9.40. The number of rotatable bonds is 6. The molecular formula is C20H27FN4O. The fraction of sp³-hybridized carbons (Fsp3) is 0.600. The number of nitrogens with zero attached hydrogens (tertiary/aromatic N) is 3. The van der Waals surface area contributed by atoms with Crippen LogP contribution in [0.4, 0.5) is 4.39 Å². The minimum Gasteiger partial charge on any atom is -0.337 e. The summed E-state index contributed by atoms with van der Waals surface area (Å²) in [4.78, 5) is 16.9. The van der Waals surface area contributed by atoms with Crippen LogP contribution >= 0.6 is 0 Å². The fourth-order valence-corrected chi connectivity index (χ4v) is 3.60. The molecule has 1 aliphatic heterocycles. The molecule has 2 aliphatic rings. The lowest BCUT2D eigenvalue weighted by molar-refractivity contribution is -0.123. The Morgan fingerprint density at radius 3 is 2.54 bits per heavy atom. The molecule has 6 heteroatoms. The highest BCUT2D eigenvalue weighted by atomic mass is 19.1. The van der Waals surface area contributed by atoms with Gasteiger partial charge in [0.15, 0.2) is 0 Å². The molecule has 1 saturated carbocycles. The van der Waals surface area contributed by atoms with E-state index in [1.54, 1.807) is 0 Å². The molecule has 3 rings (SSSR count). The normalized spacial score (nSPS) is 21.4. The quantitative estimate of drug-likeness (QED) is 0.846. The lowest BCUT2D eigenvalue weighted by Gasteiger charge is -2.26. The molecule has 0 spiro atoms. The maximum absolute atomic E-state index is 13.0. The van der Waals surface area contributed by atoms with E-state index in [2.05, 4.69) is 21.2 Å². The number of hydrogen-bond donors (Lipinski definition) is 1. The first-order valence-electron chi connectivity index (χ1n) is 9.40. The van der Waals surface area contributed by atoms with Crippen molar-refractivity contribution in [2.75, 3.05) is 32.7 Å². The standard InChI is InChI=1S/C20H27FN4O/c1-20(15-22,17-5-6-17)23-19(26)14-25-10-2-9-24(11-12-25)13-16-3-7-18(21)8-4-16/h3-4,7-8,17H,2,5-6,9-14H2,1H3,(H,23,26). The molecule has 1 heterocycles. The van der Waals surface area contributed by atoms with Gasteiger partial charge in [0.05, 0.1) is 12.6 Å². The molecule has 1 aromatic rings. The Morgan fingerprint density at radius 2 is 1.88 bits per heavy atom. The van der Waals surface area contributed by atoms with Gasteiger partial charge in [-0.05, 0) is 62.9 Å². The van der Waals surface area contributed by atoms with Crippen LogP contribution in [0.2, 0.25) is 0 Å². The summed E-state index contributed by atoms with van der Waals surface area (Å²) in [6.07, 6.45) is 3.03. The van der Waals surface area contributed by atoms with E-state index in [4.69, 9.17) is 0 Å². The summed E-state index contributed by atoms with van der Waals surface area (Å²) in [6.45, 7) is 6.51. The smallest absolute Gasteiger partial charge is 0.235 e. The van der Waals surface area contributed by atoms with Crippen LogP contribution in [0.1, 0.15) is 31.7 Å². The Hall–Kier alpha value is -1.97. The number of hydrogen-bond acceptors (Lipinski definition) is 4. The number of benzene rings is 1. The lowest BCUT2D eigenvalue weighted by Crippen LogP contribution is -2.50. The van der Waals surface area contributed by atoms with Gasteiger partial charge in [0.2, 0.25) is 5.91 Å². The maximum Gasteiger partial charge on any atom is 0.235 e. The van der Waals surface area contributed by atoms with Crippen LogP contribution in [0.15, 0.2) is 24.3 Å². The molecule has 1 aromatic carbocycles. The van der Waals surface area contributed by atoms with E-state index in [9.17, 15) is 14.4 Å². The predicted octanol–water partition coefficient (Wildman–Crippen LogP) is 2.14. The first-order chi connectivity index (χ1) is 12.5. The predicted molar refractivity (Wildman–Crippen MR) is 97.6 cm³/mol. The number of amides is 1. The summed E-state index contributed by atoms with van der Waals surface area (Å²) in [5.74, 6) is 0.0251. The third-order valence-electron chi connectivity index (χ3n) is 5.39. The number of carbonyl (C=O) groups excluding carboxylic acids is 1. The van der Waals surface area contributed by atoms with Crippen LogP contribution in [0.5, 0.6) is 0 Å². The maximum atomic E-state index is 13.0. The van der Waals surface area contributed by atoms with E-state index >= 15 is 0 Å². The molecule has 140 valence electrons. The van der Waals surface area contributed by atoms with Crippen LogP contribution in [-0.2, 0) is 11.3 Å². The van der Waals surface area contributed by atoms with Crippen molar-refractivity contribution in [3.05, 3.63) is 35.6 Å². The fourth-order valence-electron chi connectivity index (χ4n) is 3.60. The van der Waals surface area contributed by atoms with E-state index in [-0.39, 0.29) is 11.7 Å². The summed E-state index contributed by atoms with van der Waals surface area (Å²) in [7, 11) is 0. The van der Waals surface area contributed by atoms with Crippen LogP contribution in [-0.4, -0.2) is 54.0 Å². The van der Waals surface area contributed by atoms with Gasteiger partial charge in [-0.1, -0.05) is 12.1 Å². The molecule has 1 saturated heterocycles. The summed E-state index contributed by atoms with van der Waals surface area (Å²) >= 11 is 0. The van der Waals surface area contributed by atoms with E-state index < -0.39 is 5.54 Å². The largest absolute Gasteiger partial charge is 0.337 e. The molecule has 0 aromatic heterocycles. The molecule has 2 fully saturated rings. The van der Waals surface area contributed by atoms with Gasteiger partial charge in [0, 0.05) is 19.6 Å². The Labute approximate surface area is 154 Å². The highest BCUT2D eigenvalue weighted by molar-refractivity contribution is 5.79. The second-order valence-corrected chi connectivity index (χ2v) is 7.67. The van der Waals surface area contributed by atoms with Gasteiger partial charge in [-0.3, -0.25) is 14.6 Å². The minimum absolute atomic E-state index is 0.0621. The van der Waals surface area contributed by atoms with Crippen LogP contribution in [0, 0.1) is 23.1 Å². The molecular weight excluding hydrogens is 331 g/mol. The summed E-state index contributed by atoms with van der Waals surface area (Å²) in [5, 5.41) is 12.3. The van der Waals surface area contributed by atoms with Gasteiger partial charge in [0.1, 0.15) is 11.4 Å². The van der Waals surface area contributed by atoms with Crippen molar-refractivity contribution < 1.29 is 9.18 Å². The Morgan fingerprint density at radius 1 is 1.23 bits per heavy atom. The third-order valence-corrected chi connectivity index (χ3v) is 5.39. The SMILES string of the molecule is CC(C#N)(NC(=O)CN1CCCN(Cc2ccc(F)cc2)CC1)C1CC1. The zero-order valence-corrected chi connectivity index (χ0v) is 15.4. The molecule has 1 N–H and O–H groups in total. The van der Waals surface area contributed by atoms with Gasteiger partial charge >= 0.3 is 0 Å². The topological polar surface area (TPSA) is 59.4 Å². The number of carbonyl (C=O) groups is 1.